The van der Waals surface area contributed by atoms with E-state index in [2.05, 4.69) is 0 Å². The number of hydrogen-bond acceptors (Lipinski definition) is 2. The van der Waals surface area contributed by atoms with Gasteiger partial charge in [0.2, 0.25) is 0 Å². The third-order valence-corrected chi connectivity index (χ3v) is 2.66. The van der Waals surface area contributed by atoms with E-state index in [0.29, 0.717) is 23.0 Å². The molecular formula is C9H9Cl2NS. The summed E-state index contributed by atoms with van der Waals surface area (Å²) in [7, 11) is 0. The molecule has 4 heteroatoms. The second-order valence-corrected chi connectivity index (χ2v) is 4.06. The van der Waals surface area contributed by atoms with Crippen LogP contribution in [0.5, 0.6) is 0 Å². The van der Waals surface area contributed by atoms with Crippen molar-refractivity contribution in [3.8, 4) is 0 Å². The maximum absolute atomic E-state index is 5.83. The van der Waals surface area contributed by atoms with E-state index in [1.807, 2.05) is 12.1 Å². The predicted molar refractivity (Wildman–Crippen MR) is 61.8 cm³/mol. The first-order chi connectivity index (χ1) is 6.13. The van der Waals surface area contributed by atoms with Crippen LogP contribution in [0.3, 0.4) is 0 Å². The molecule has 0 unspecified atom stereocenters. The lowest BCUT2D eigenvalue weighted by molar-refractivity contribution is 1.24. The zero-order valence-corrected chi connectivity index (χ0v) is 9.22. The Balaban J connectivity index is 2.79. The zero-order valence-electron chi connectivity index (χ0n) is 6.89. The number of benzene rings is 1. The quantitative estimate of drug-likeness (QED) is 0.814. The average Bonchev–Trinajstić information content (AvgIpc) is 2.11. The zero-order chi connectivity index (χ0) is 9.84. The highest BCUT2D eigenvalue weighted by molar-refractivity contribution is 7.80. The van der Waals surface area contributed by atoms with Crippen molar-refractivity contribution in [2.45, 2.75) is 6.42 Å². The molecule has 0 aliphatic carbocycles. The van der Waals surface area contributed by atoms with Gasteiger partial charge in [-0.15, -0.1) is 0 Å². The Morgan fingerprint density at radius 2 is 2.00 bits per heavy atom. The molecule has 1 aromatic rings. The minimum Gasteiger partial charge on any atom is -0.326 e. The summed E-state index contributed by atoms with van der Waals surface area (Å²) in [5.74, 6) is 0. The monoisotopic (exact) mass is 233 g/mol. The van der Waals surface area contributed by atoms with Crippen molar-refractivity contribution >= 4 is 40.3 Å². The summed E-state index contributed by atoms with van der Waals surface area (Å²) >= 11 is 16.6. The molecule has 0 bridgehead atoms. The van der Waals surface area contributed by atoms with Gasteiger partial charge in [-0.05, 0) is 17.7 Å². The Labute approximate surface area is 92.8 Å². The molecule has 0 radical (unpaired) electrons. The van der Waals surface area contributed by atoms with Gasteiger partial charge >= 0.3 is 0 Å². The van der Waals surface area contributed by atoms with Crippen LogP contribution in [-0.2, 0) is 6.42 Å². The highest BCUT2D eigenvalue weighted by atomic mass is 35.5. The van der Waals surface area contributed by atoms with E-state index in [0.717, 1.165) is 10.4 Å². The minimum atomic E-state index is 0.426. The normalized spacial score (nSPS) is 10.1. The van der Waals surface area contributed by atoms with Crippen LogP contribution in [0.2, 0.25) is 10.0 Å². The van der Waals surface area contributed by atoms with Crippen molar-refractivity contribution in [1.82, 2.24) is 0 Å². The second-order valence-electron chi connectivity index (χ2n) is 2.67. The molecule has 13 heavy (non-hydrogen) atoms. The van der Waals surface area contributed by atoms with Crippen LogP contribution in [-0.4, -0.2) is 11.4 Å². The molecule has 0 aliphatic rings. The van der Waals surface area contributed by atoms with Crippen LogP contribution >= 0.6 is 35.4 Å². The lowest BCUT2D eigenvalue weighted by Gasteiger charge is -2.02. The Kier molecular flexibility index (Phi) is 4.13. The van der Waals surface area contributed by atoms with E-state index in [1.165, 1.54) is 0 Å². The molecule has 0 fully saturated rings. The molecule has 1 aromatic carbocycles. The number of nitrogens with two attached hydrogens (primary N) is 1. The molecule has 0 amide bonds. The molecule has 2 N–H and O–H groups in total. The first-order valence-electron chi connectivity index (χ1n) is 3.79. The van der Waals surface area contributed by atoms with Crippen LogP contribution in [0, 0.1) is 0 Å². The summed E-state index contributed by atoms with van der Waals surface area (Å²) in [5.41, 5.74) is 6.43. The molecule has 0 spiro atoms. The van der Waals surface area contributed by atoms with E-state index in [4.69, 9.17) is 41.2 Å². The second kappa shape index (κ2) is 4.91. The minimum absolute atomic E-state index is 0.426. The van der Waals surface area contributed by atoms with Gasteiger partial charge in [0, 0.05) is 17.8 Å². The van der Waals surface area contributed by atoms with Crippen molar-refractivity contribution in [2.24, 2.45) is 5.73 Å². The van der Waals surface area contributed by atoms with E-state index < -0.39 is 0 Å². The standard InChI is InChI=1S/C9H9Cl2NS/c10-8-2-1-6(4-9(8)11)3-7(13)5-12/h1-2,4H,3,5,12H2. The molecule has 70 valence electrons. The van der Waals surface area contributed by atoms with Gasteiger partial charge < -0.3 is 5.73 Å². The van der Waals surface area contributed by atoms with E-state index in [9.17, 15) is 0 Å². The molecule has 0 saturated carbocycles. The predicted octanol–water partition coefficient (Wildman–Crippen LogP) is 2.86. The van der Waals surface area contributed by atoms with Gasteiger partial charge in [0.05, 0.1) is 10.0 Å². The van der Waals surface area contributed by atoms with Gasteiger partial charge in [-0.2, -0.15) is 0 Å². The molecule has 0 saturated heterocycles. The van der Waals surface area contributed by atoms with E-state index >= 15 is 0 Å². The molecule has 0 aliphatic heterocycles. The Morgan fingerprint density at radius 3 is 2.54 bits per heavy atom. The summed E-state index contributed by atoms with van der Waals surface area (Å²) in [6, 6.07) is 5.47. The Morgan fingerprint density at radius 1 is 1.31 bits per heavy atom. The van der Waals surface area contributed by atoms with Gasteiger partial charge in [0.15, 0.2) is 0 Å². The fraction of sp³-hybridized carbons (Fsp3) is 0.222. The van der Waals surface area contributed by atoms with E-state index in [1.54, 1.807) is 6.07 Å². The number of thiocarbonyl (C=S) groups is 1. The van der Waals surface area contributed by atoms with Gasteiger partial charge in [-0.25, -0.2) is 0 Å². The topological polar surface area (TPSA) is 26.0 Å². The third-order valence-electron chi connectivity index (χ3n) is 1.61. The van der Waals surface area contributed by atoms with Crippen LogP contribution in [0.1, 0.15) is 5.56 Å². The summed E-state index contributed by atoms with van der Waals surface area (Å²) < 4.78 is 0. The van der Waals surface area contributed by atoms with Crippen molar-refractivity contribution in [3.63, 3.8) is 0 Å². The maximum atomic E-state index is 5.83. The van der Waals surface area contributed by atoms with Crippen LogP contribution in [0.15, 0.2) is 18.2 Å². The SMILES string of the molecule is NCC(=S)Cc1ccc(Cl)c(Cl)c1. The highest BCUT2D eigenvalue weighted by Gasteiger charge is 2.01. The first-order valence-corrected chi connectivity index (χ1v) is 4.95. The lowest BCUT2D eigenvalue weighted by Crippen LogP contribution is -2.13. The Hall–Kier alpha value is -0.150. The molecule has 1 nitrogen and oxygen atoms in total. The van der Waals surface area contributed by atoms with Crippen LogP contribution in [0.25, 0.3) is 0 Å². The fourth-order valence-electron chi connectivity index (χ4n) is 0.949. The van der Waals surface area contributed by atoms with Crippen molar-refractivity contribution in [1.29, 1.82) is 0 Å². The van der Waals surface area contributed by atoms with E-state index in [-0.39, 0.29) is 0 Å². The molecule has 0 heterocycles. The number of halogens is 2. The van der Waals surface area contributed by atoms with Gasteiger partial charge in [-0.1, -0.05) is 41.5 Å². The van der Waals surface area contributed by atoms with Gasteiger partial charge in [0.25, 0.3) is 0 Å². The fourth-order valence-corrected chi connectivity index (χ4v) is 1.44. The van der Waals surface area contributed by atoms with Crippen LogP contribution in [0.4, 0.5) is 0 Å². The largest absolute Gasteiger partial charge is 0.326 e. The van der Waals surface area contributed by atoms with Crippen molar-refractivity contribution in [3.05, 3.63) is 33.8 Å². The summed E-state index contributed by atoms with van der Waals surface area (Å²) in [6.45, 7) is 0.426. The average molecular weight is 234 g/mol. The highest BCUT2D eigenvalue weighted by Crippen LogP contribution is 2.22. The smallest absolute Gasteiger partial charge is 0.0595 e. The molecule has 0 atom stereocenters. The number of hydrogen-bond donors (Lipinski definition) is 1. The molecule has 0 aromatic heterocycles. The molecular weight excluding hydrogens is 225 g/mol. The summed E-state index contributed by atoms with van der Waals surface area (Å²) in [6.07, 6.45) is 0.683. The molecule has 1 rings (SSSR count). The van der Waals surface area contributed by atoms with Crippen molar-refractivity contribution < 1.29 is 0 Å². The van der Waals surface area contributed by atoms with Crippen molar-refractivity contribution in [2.75, 3.05) is 6.54 Å². The van der Waals surface area contributed by atoms with Crippen LogP contribution < -0.4 is 5.73 Å². The van der Waals surface area contributed by atoms with Gasteiger partial charge in [0.1, 0.15) is 0 Å². The lowest BCUT2D eigenvalue weighted by atomic mass is 10.1. The Bertz CT molecular complexity index is 325. The first kappa shape index (κ1) is 10.9. The summed E-state index contributed by atoms with van der Waals surface area (Å²) in [5, 5.41) is 1.11. The maximum Gasteiger partial charge on any atom is 0.0595 e. The summed E-state index contributed by atoms with van der Waals surface area (Å²) in [4.78, 5) is 0.818. The van der Waals surface area contributed by atoms with Gasteiger partial charge in [-0.3, -0.25) is 0 Å². The number of rotatable bonds is 3. The third kappa shape index (κ3) is 3.24.